The SMILES string of the molecule is CCCCOC(=O)c1ccc(NC(=O)CC2C(=O)Nc3c(-c4cccc(OC)c4)c(CC)nn32)cc1. The van der Waals surface area contributed by atoms with Crippen molar-refractivity contribution in [2.45, 2.75) is 45.6 Å². The van der Waals surface area contributed by atoms with Gasteiger partial charge in [0.1, 0.15) is 17.6 Å². The van der Waals surface area contributed by atoms with E-state index in [1.54, 1.807) is 36.1 Å². The maximum atomic E-state index is 12.8. The van der Waals surface area contributed by atoms with Crippen molar-refractivity contribution in [1.82, 2.24) is 9.78 Å². The Bertz CT molecular complexity index is 1270. The number of benzene rings is 2. The molecule has 0 saturated heterocycles. The molecule has 36 heavy (non-hydrogen) atoms. The number of amides is 2. The lowest BCUT2D eigenvalue weighted by Crippen LogP contribution is -2.24. The van der Waals surface area contributed by atoms with E-state index in [2.05, 4.69) is 15.7 Å². The molecule has 4 rings (SSSR count). The van der Waals surface area contributed by atoms with Crippen molar-refractivity contribution < 1.29 is 23.9 Å². The van der Waals surface area contributed by atoms with Crippen molar-refractivity contribution in [3.05, 3.63) is 59.8 Å². The number of nitrogens with one attached hydrogen (secondary N) is 2. The molecule has 0 fully saturated rings. The van der Waals surface area contributed by atoms with Crippen LogP contribution >= 0.6 is 0 Å². The van der Waals surface area contributed by atoms with Gasteiger partial charge in [-0.3, -0.25) is 9.59 Å². The predicted octanol–water partition coefficient (Wildman–Crippen LogP) is 4.60. The van der Waals surface area contributed by atoms with Crippen LogP contribution in [0.15, 0.2) is 48.5 Å². The Hall–Kier alpha value is -4.14. The average molecular weight is 491 g/mol. The van der Waals surface area contributed by atoms with Crippen molar-refractivity contribution in [2.24, 2.45) is 0 Å². The second-order valence-electron chi connectivity index (χ2n) is 8.52. The summed E-state index contributed by atoms with van der Waals surface area (Å²) in [5, 5.41) is 10.4. The molecular weight excluding hydrogens is 460 g/mol. The first-order valence-electron chi connectivity index (χ1n) is 12.1. The van der Waals surface area contributed by atoms with Crippen molar-refractivity contribution in [1.29, 1.82) is 0 Å². The van der Waals surface area contributed by atoms with E-state index in [9.17, 15) is 14.4 Å². The van der Waals surface area contributed by atoms with Crippen LogP contribution in [0.25, 0.3) is 11.1 Å². The highest BCUT2D eigenvalue weighted by Gasteiger charge is 2.36. The Kier molecular flexibility index (Phi) is 7.68. The Morgan fingerprint density at radius 3 is 2.61 bits per heavy atom. The van der Waals surface area contributed by atoms with Crippen LogP contribution in [0.3, 0.4) is 0 Å². The van der Waals surface area contributed by atoms with Crippen molar-refractivity contribution in [2.75, 3.05) is 24.4 Å². The molecule has 2 N–H and O–H groups in total. The number of methoxy groups -OCH3 is 1. The first-order valence-corrected chi connectivity index (χ1v) is 12.1. The van der Waals surface area contributed by atoms with Gasteiger partial charge < -0.3 is 20.1 Å². The van der Waals surface area contributed by atoms with Crippen LogP contribution in [-0.4, -0.2) is 41.3 Å². The second kappa shape index (κ2) is 11.1. The molecule has 0 bridgehead atoms. The lowest BCUT2D eigenvalue weighted by atomic mass is 10.0. The van der Waals surface area contributed by atoms with Gasteiger partial charge in [-0.15, -0.1) is 0 Å². The van der Waals surface area contributed by atoms with E-state index in [4.69, 9.17) is 9.47 Å². The van der Waals surface area contributed by atoms with Crippen LogP contribution < -0.4 is 15.4 Å². The van der Waals surface area contributed by atoms with E-state index in [0.29, 0.717) is 35.8 Å². The number of aryl methyl sites for hydroxylation is 1. The molecule has 2 aromatic carbocycles. The van der Waals surface area contributed by atoms with Gasteiger partial charge in [-0.1, -0.05) is 32.4 Å². The van der Waals surface area contributed by atoms with E-state index < -0.39 is 12.0 Å². The minimum absolute atomic E-state index is 0.0813. The number of rotatable bonds is 10. The number of ether oxygens (including phenoxy) is 2. The number of esters is 1. The Balaban J connectivity index is 1.47. The molecule has 0 radical (unpaired) electrons. The summed E-state index contributed by atoms with van der Waals surface area (Å²) in [5.74, 6) is 0.264. The number of hydrogen-bond acceptors (Lipinski definition) is 6. The molecule has 9 heteroatoms. The molecule has 9 nitrogen and oxygen atoms in total. The number of anilines is 2. The van der Waals surface area contributed by atoms with Crippen LogP contribution in [0.1, 0.15) is 55.2 Å². The smallest absolute Gasteiger partial charge is 0.338 e. The number of fused-ring (bicyclic) bond motifs is 1. The zero-order valence-electron chi connectivity index (χ0n) is 20.7. The molecule has 0 spiro atoms. The minimum atomic E-state index is -0.766. The van der Waals surface area contributed by atoms with E-state index in [1.807, 2.05) is 38.1 Å². The fourth-order valence-electron chi connectivity index (χ4n) is 4.12. The molecule has 1 atom stereocenters. The first kappa shape index (κ1) is 25.0. The lowest BCUT2D eigenvalue weighted by Gasteiger charge is -2.11. The number of hydrogen-bond donors (Lipinski definition) is 2. The average Bonchev–Trinajstić information content (AvgIpc) is 3.39. The van der Waals surface area contributed by atoms with Gasteiger partial charge in [-0.25, -0.2) is 9.48 Å². The summed E-state index contributed by atoms with van der Waals surface area (Å²) in [6.45, 7) is 4.40. The van der Waals surface area contributed by atoms with Crippen LogP contribution in [0.5, 0.6) is 5.75 Å². The monoisotopic (exact) mass is 490 g/mol. The van der Waals surface area contributed by atoms with Gasteiger partial charge in [-0.2, -0.15) is 5.10 Å². The summed E-state index contributed by atoms with van der Waals surface area (Å²) in [7, 11) is 1.60. The fraction of sp³-hybridized carbons (Fsp3) is 0.333. The van der Waals surface area contributed by atoms with E-state index in [1.165, 1.54) is 0 Å². The number of unbranched alkanes of at least 4 members (excludes halogenated alkanes) is 1. The first-order chi connectivity index (χ1) is 17.4. The van der Waals surface area contributed by atoms with E-state index in [-0.39, 0.29) is 18.2 Å². The van der Waals surface area contributed by atoms with Crippen molar-refractivity contribution in [3.8, 4) is 16.9 Å². The van der Waals surface area contributed by atoms with E-state index in [0.717, 1.165) is 29.7 Å². The summed E-state index contributed by atoms with van der Waals surface area (Å²) in [4.78, 5) is 37.6. The normalized spacial score (nSPS) is 14.2. The molecule has 0 saturated carbocycles. The van der Waals surface area contributed by atoms with Gasteiger partial charge in [0.15, 0.2) is 0 Å². The molecule has 3 aromatic rings. The summed E-state index contributed by atoms with van der Waals surface area (Å²) >= 11 is 0. The fourth-order valence-corrected chi connectivity index (χ4v) is 4.12. The largest absolute Gasteiger partial charge is 0.497 e. The third-order valence-corrected chi connectivity index (χ3v) is 6.03. The van der Waals surface area contributed by atoms with Crippen molar-refractivity contribution in [3.63, 3.8) is 0 Å². The van der Waals surface area contributed by atoms with Crippen LogP contribution in [0.2, 0.25) is 0 Å². The molecular formula is C27H30N4O5. The van der Waals surface area contributed by atoms with Gasteiger partial charge in [0, 0.05) is 11.3 Å². The third-order valence-electron chi connectivity index (χ3n) is 6.03. The molecule has 1 aliphatic heterocycles. The molecule has 1 unspecified atom stereocenters. The summed E-state index contributed by atoms with van der Waals surface area (Å²) in [6.07, 6.45) is 2.34. The molecule has 0 aliphatic carbocycles. The van der Waals surface area contributed by atoms with Crippen LogP contribution in [0, 0.1) is 0 Å². The van der Waals surface area contributed by atoms with Gasteiger partial charge >= 0.3 is 5.97 Å². The topological polar surface area (TPSA) is 112 Å². The summed E-state index contributed by atoms with van der Waals surface area (Å²) in [6, 6.07) is 13.3. The molecule has 2 amide bonds. The Morgan fingerprint density at radius 1 is 1.14 bits per heavy atom. The second-order valence-corrected chi connectivity index (χ2v) is 8.52. The van der Waals surface area contributed by atoms with Gasteiger partial charge in [0.05, 0.1) is 31.4 Å². The summed E-state index contributed by atoms with van der Waals surface area (Å²) in [5.41, 5.74) is 3.47. The van der Waals surface area contributed by atoms with Crippen LogP contribution in [0.4, 0.5) is 11.5 Å². The molecule has 1 aliphatic rings. The number of carbonyl (C=O) groups is 3. The molecule has 188 valence electrons. The molecule has 1 aromatic heterocycles. The number of carbonyl (C=O) groups excluding carboxylic acids is 3. The standard InChI is InChI=1S/C27H30N4O5/c1-4-6-14-36-27(34)17-10-12-19(13-11-17)28-23(32)16-22-26(33)29-25-24(21(5-2)30-31(22)25)18-8-7-9-20(15-18)35-3/h7-13,15,22H,4-6,14,16H2,1-3H3,(H,28,32)(H,29,33). The number of nitrogens with zero attached hydrogens (tertiary/aromatic N) is 2. The zero-order valence-corrected chi connectivity index (χ0v) is 20.7. The van der Waals surface area contributed by atoms with Gasteiger partial charge in [0.2, 0.25) is 5.91 Å². The maximum Gasteiger partial charge on any atom is 0.338 e. The maximum absolute atomic E-state index is 12.8. The number of aromatic nitrogens is 2. The Morgan fingerprint density at radius 2 is 1.92 bits per heavy atom. The van der Waals surface area contributed by atoms with Crippen LogP contribution in [-0.2, 0) is 20.7 Å². The van der Waals surface area contributed by atoms with Gasteiger partial charge in [-0.05, 0) is 54.8 Å². The predicted molar refractivity (Wildman–Crippen MR) is 136 cm³/mol. The highest BCUT2D eigenvalue weighted by atomic mass is 16.5. The highest BCUT2D eigenvalue weighted by Crippen LogP contribution is 2.39. The van der Waals surface area contributed by atoms with Crippen molar-refractivity contribution >= 4 is 29.3 Å². The zero-order chi connectivity index (χ0) is 25.7. The quantitative estimate of drug-likeness (QED) is 0.317. The molecule has 2 heterocycles. The third kappa shape index (κ3) is 5.25. The Labute approximate surface area is 209 Å². The van der Waals surface area contributed by atoms with Gasteiger partial charge in [0.25, 0.3) is 5.91 Å². The summed E-state index contributed by atoms with van der Waals surface area (Å²) < 4.78 is 12.2. The lowest BCUT2D eigenvalue weighted by molar-refractivity contribution is -0.123. The minimum Gasteiger partial charge on any atom is -0.497 e. The highest BCUT2D eigenvalue weighted by molar-refractivity contribution is 6.04. The van der Waals surface area contributed by atoms with E-state index >= 15 is 0 Å².